The van der Waals surface area contributed by atoms with Crippen molar-refractivity contribution in [2.75, 3.05) is 5.32 Å². The average Bonchev–Trinajstić information content (AvgIpc) is 2.43. The minimum absolute atomic E-state index is 0.298. The SMILES string of the molecule is O=C(O)[C@H]1CC=CC[C@H]1C(=O)Nc1cnc(Cl)c(Br)c1. The van der Waals surface area contributed by atoms with E-state index in [1.54, 1.807) is 12.1 Å². The van der Waals surface area contributed by atoms with E-state index in [0.29, 0.717) is 28.2 Å². The Morgan fingerprint density at radius 1 is 1.35 bits per heavy atom. The number of carbonyl (C=O) groups is 2. The number of carboxylic acids is 1. The van der Waals surface area contributed by atoms with Crippen LogP contribution >= 0.6 is 27.5 Å². The highest BCUT2D eigenvalue weighted by Gasteiger charge is 2.33. The predicted octanol–water partition coefficient (Wildman–Crippen LogP) is 3.10. The first-order valence-corrected chi connectivity index (χ1v) is 7.16. The summed E-state index contributed by atoms with van der Waals surface area (Å²) in [6, 6.07) is 1.63. The fraction of sp³-hybridized carbons (Fsp3) is 0.308. The molecule has 1 aliphatic rings. The lowest BCUT2D eigenvalue weighted by Gasteiger charge is -2.24. The topological polar surface area (TPSA) is 79.3 Å². The van der Waals surface area contributed by atoms with Crippen molar-refractivity contribution in [1.82, 2.24) is 4.98 Å². The highest BCUT2D eigenvalue weighted by molar-refractivity contribution is 9.10. The molecule has 0 saturated carbocycles. The molecule has 0 aromatic carbocycles. The first-order chi connectivity index (χ1) is 9.49. The van der Waals surface area contributed by atoms with E-state index in [9.17, 15) is 9.59 Å². The number of hydrogen-bond donors (Lipinski definition) is 2. The number of anilines is 1. The number of nitrogens with one attached hydrogen (secondary N) is 1. The third kappa shape index (κ3) is 3.37. The quantitative estimate of drug-likeness (QED) is 0.642. The van der Waals surface area contributed by atoms with Crippen molar-refractivity contribution in [2.45, 2.75) is 12.8 Å². The van der Waals surface area contributed by atoms with Crippen molar-refractivity contribution in [3.63, 3.8) is 0 Å². The van der Waals surface area contributed by atoms with Gasteiger partial charge in [-0.2, -0.15) is 0 Å². The van der Waals surface area contributed by atoms with Crippen LogP contribution in [-0.2, 0) is 9.59 Å². The number of pyridine rings is 1. The zero-order chi connectivity index (χ0) is 14.7. The molecule has 0 bridgehead atoms. The third-order valence-corrected chi connectivity index (χ3v) is 4.28. The predicted molar refractivity (Wildman–Crippen MR) is 78.6 cm³/mol. The van der Waals surface area contributed by atoms with Crippen LogP contribution in [0.4, 0.5) is 5.69 Å². The van der Waals surface area contributed by atoms with Gasteiger partial charge < -0.3 is 10.4 Å². The molecule has 0 unspecified atom stereocenters. The molecule has 5 nitrogen and oxygen atoms in total. The first-order valence-electron chi connectivity index (χ1n) is 5.98. The Morgan fingerprint density at radius 2 is 2.00 bits per heavy atom. The van der Waals surface area contributed by atoms with Crippen LogP contribution in [0, 0.1) is 11.8 Å². The van der Waals surface area contributed by atoms with Gasteiger partial charge in [0.05, 0.1) is 28.2 Å². The molecule has 1 aromatic rings. The summed E-state index contributed by atoms with van der Waals surface area (Å²) >= 11 is 8.99. The minimum atomic E-state index is -0.954. The summed E-state index contributed by atoms with van der Waals surface area (Å²) in [6.07, 6.45) is 5.85. The van der Waals surface area contributed by atoms with Gasteiger partial charge in [-0.1, -0.05) is 23.8 Å². The van der Waals surface area contributed by atoms with Gasteiger partial charge in [0.25, 0.3) is 0 Å². The van der Waals surface area contributed by atoms with Crippen molar-refractivity contribution in [3.05, 3.63) is 34.0 Å². The van der Waals surface area contributed by atoms with Crippen molar-refractivity contribution in [1.29, 1.82) is 0 Å². The number of amides is 1. The highest BCUT2D eigenvalue weighted by Crippen LogP contribution is 2.28. The lowest BCUT2D eigenvalue weighted by Crippen LogP contribution is -2.34. The van der Waals surface area contributed by atoms with Crippen LogP contribution in [-0.4, -0.2) is 22.0 Å². The largest absolute Gasteiger partial charge is 0.481 e. The molecule has 7 heteroatoms. The van der Waals surface area contributed by atoms with Crippen LogP contribution in [0.2, 0.25) is 5.15 Å². The number of carboxylic acid groups (broad SMARTS) is 1. The number of allylic oxidation sites excluding steroid dienone is 2. The average molecular weight is 360 g/mol. The molecule has 1 aromatic heterocycles. The Bertz CT molecular complexity index is 577. The summed E-state index contributed by atoms with van der Waals surface area (Å²) in [5, 5.41) is 12.1. The Labute approximate surface area is 129 Å². The fourth-order valence-corrected chi connectivity index (χ4v) is 2.55. The highest BCUT2D eigenvalue weighted by atomic mass is 79.9. The zero-order valence-corrected chi connectivity index (χ0v) is 12.7. The van der Waals surface area contributed by atoms with Gasteiger partial charge in [0, 0.05) is 0 Å². The summed E-state index contributed by atoms with van der Waals surface area (Å²) in [5.74, 6) is -2.54. The molecule has 2 N–H and O–H groups in total. The maximum absolute atomic E-state index is 12.2. The van der Waals surface area contributed by atoms with E-state index in [0.717, 1.165) is 0 Å². The maximum Gasteiger partial charge on any atom is 0.307 e. The first kappa shape index (κ1) is 15.0. The number of aliphatic carboxylic acids is 1. The van der Waals surface area contributed by atoms with Crippen LogP contribution in [0.25, 0.3) is 0 Å². The summed E-state index contributed by atoms with van der Waals surface area (Å²) < 4.78 is 0.565. The lowest BCUT2D eigenvalue weighted by molar-refractivity contribution is -0.146. The number of rotatable bonds is 3. The number of aromatic nitrogens is 1. The second kappa shape index (κ2) is 6.37. The van der Waals surface area contributed by atoms with E-state index >= 15 is 0 Å². The van der Waals surface area contributed by atoms with E-state index in [1.165, 1.54) is 6.20 Å². The molecule has 20 heavy (non-hydrogen) atoms. The normalized spacial score (nSPS) is 21.5. The molecule has 106 valence electrons. The second-order valence-corrected chi connectivity index (χ2v) is 5.69. The molecule has 1 heterocycles. The Balaban J connectivity index is 2.12. The summed E-state index contributed by atoms with van der Waals surface area (Å²) in [5.41, 5.74) is 0.477. The molecular weight excluding hydrogens is 348 g/mol. The van der Waals surface area contributed by atoms with Crippen molar-refractivity contribution >= 4 is 45.1 Å². The lowest BCUT2D eigenvalue weighted by atomic mass is 9.82. The minimum Gasteiger partial charge on any atom is -0.481 e. The molecular formula is C13H12BrClN2O3. The maximum atomic E-state index is 12.2. The molecule has 0 radical (unpaired) electrons. The van der Waals surface area contributed by atoms with Gasteiger partial charge in [-0.05, 0) is 34.8 Å². The standard InChI is InChI=1S/C13H12BrClN2O3/c14-10-5-7(6-16-11(10)15)17-12(18)8-3-1-2-4-9(8)13(19)20/h1-2,5-6,8-9H,3-4H2,(H,17,18)(H,19,20)/t8-,9+/m1/s1. The van der Waals surface area contributed by atoms with E-state index in [4.69, 9.17) is 16.7 Å². The number of hydrogen-bond acceptors (Lipinski definition) is 3. The molecule has 2 atom stereocenters. The van der Waals surface area contributed by atoms with Gasteiger partial charge in [0.2, 0.25) is 5.91 Å². The van der Waals surface area contributed by atoms with E-state index in [1.807, 2.05) is 6.08 Å². The molecule has 0 fully saturated rings. The number of nitrogens with zero attached hydrogens (tertiary/aromatic N) is 1. The Kier molecular flexibility index (Phi) is 4.77. The van der Waals surface area contributed by atoms with Crippen LogP contribution in [0.1, 0.15) is 12.8 Å². The molecule has 0 aliphatic heterocycles. The molecule has 0 spiro atoms. The number of carbonyl (C=O) groups excluding carboxylic acids is 1. The summed E-state index contributed by atoms with van der Waals surface area (Å²) in [4.78, 5) is 27.3. The van der Waals surface area contributed by atoms with Gasteiger partial charge in [0.1, 0.15) is 5.15 Å². The third-order valence-electron chi connectivity index (χ3n) is 3.15. The second-order valence-electron chi connectivity index (χ2n) is 4.48. The Hall–Kier alpha value is -1.40. The van der Waals surface area contributed by atoms with E-state index < -0.39 is 17.8 Å². The van der Waals surface area contributed by atoms with Gasteiger partial charge >= 0.3 is 5.97 Å². The fourth-order valence-electron chi connectivity index (χ4n) is 2.10. The monoisotopic (exact) mass is 358 g/mol. The summed E-state index contributed by atoms with van der Waals surface area (Å²) in [6.45, 7) is 0. The van der Waals surface area contributed by atoms with Crippen LogP contribution < -0.4 is 5.32 Å². The van der Waals surface area contributed by atoms with Crippen LogP contribution in [0.5, 0.6) is 0 Å². The van der Waals surface area contributed by atoms with Gasteiger partial charge in [0.15, 0.2) is 0 Å². The Morgan fingerprint density at radius 3 is 2.60 bits per heavy atom. The van der Waals surface area contributed by atoms with Crippen LogP contribution in [0.15, 0.2) is 28.9 Å². The van der Waals surface area contributed by atoms with Crippen LogP contribution in [0.3, 0.4) is 0 Å². The van der Waals surface area contributed by atoms with Gasteiger partial charge in [-0.3, -0.25) is 9.59 Å². The van der Waals surface area contributed by atoms with E-state index in [-0.39, 0.29) is 5.91 Å². The van der Waals surface area contributed by atoms with Crippen molar-refractivity contribution in [2.24, 2.45) is 11.8 Å². The molecule has 1 aliphatic carbocycles. The molecule has 1 amide bonds. The molecule has 2 rings (SSSR count). The van der Waals surface area contributed by atoms with E-state index in [2.05, 4.69) is 26.2 Å². The molecule has 0 saturated heterocycles. The zero-order valence-electron chi connectivity index (χ0n) is 10.3. The van der Waals surface area contributed by atoms with Gasteiger partial charge in [-0.15, -0.1) is 0 Å². The smallest absolute Gasteiger partial charge is 0.307 e. The summed E-state index contributed by atoms with van der Waals surface area (Å²) in [7, 11) is 0. The van der Waals surface area contributed by atoms with Gasteiger partial charge in [-0.25, -0.2) is 4.98 Å². The van der Waals surface area contributed by atoms with Crippen molar-refractivity contribution in [3.8, 4) is 0 Å². The number of halogens is 2. The van der Waals surface area contributed by atoms with Crippen molar-refractivity contribution < 1.29 is 14.7 Å².